The van der Waals surface area contributed by atoms with Crippen LogP contribution in [0.1, 0.15) is 33.6 Å². The quantitative estimate of drug-likeness (QED) is 0.648. The number of hydrogen-bond acceptors (Lipinski definition) is 5. The van der Waals surface area contributed by atoms with Gasteiger partial charge in [-0.25, -0.2) is 8.42 Å². The molecule has 1 saturated heterocycles. The number of esters is 1. The summed E-state index contributed by atoms with van der Waals surface area (Å²) in [6, 6.07) is -0.663. The number of ether oxygens (including phenoxy) is 2. The highest BCUT2D eigenvalue weighted by molar-refractivity contribution is 7.89. The van der Waals surface area contributed by atoms with E-state index < -0.39 is 22.0 Å². The smallest absolute Gasteiger partial charge is 0.324 e. The van der Waals surface area contributed by atoms with Crippen LogP contribution in [0.3, 0.4) is 0 Å². The molecule has 1 unspecified atom stereocenters. The summed E-state index contributed by atoms with van der Waals surface area (Å²) in [7, 11) is -3.46. The largest absolute Gasteiger partial charge is 0.465 e. The van der Waals surface area contributed by atoms with Crippen molar-refractivity contribution in [3.8, 4) is 0 Å². The molecule has 1 aliphatic rings. The Bertz CT molecular complexity index is 393. The van der Waals surface area contributed by atoms with Gasteiger partial charge in [-0.3, -0.25) is 4.79 Å². The predicted molar refractivity (Wildman–Crippen MR) is 71.2 cm³/mol. The lowest BCUT2D eigenvalue weighted by molar-refractivity contribution is -0.146. The van der Waals surface area contributed by atoms with Crippen LogP contribution in [0.2, 0.25) is 0 Å². The van der Waals surface area contributed by atoms with Crippen LogP contribution in [0.4, 0.5) is 0 Å². The van der Waals surface area contributed by atoms with Crippen molar-refractivity contribution in [2.45, 2.75) is 45.8 Å². The number of hydrogen-bond donors (Lipinski definition) is 0. The zero-order valence-corrected chi connectivity index (χ0v) is 12.6. The van der Waals surface area contributed by atoms with E-state index >= 15 is 0 Å². The van der Waals surface area contributed by atoms with E-state index in [1.807, 2.05) is 13.8 Å². The molecule has 1 fully saturated rings. The van der Waals surface area contributed by atoms with Gasteiger partial charge in [-0.1, -0.05) is 0 Å². The lowest BCUT2D eigenvalue weighted by Gasteiger charge is -2.22. The SMILES string of the molecule is CCOC(=O)C1CCCN1S(=O)(=O)CCOC(C)C. The van der Waals surface area contributed by atoms with E-state index in [0.29, 0.717) is 19.4 Å². The lowest BCUT2D eigenvalue weighted by Crippen LogP contribution is -2.43. The molecule has 0 aromatic heterocycles. The number of carbonyl (C=O) groups excluding carboxylic acids is 1. The van der Waals surface area contributed by atoms with Crippen LogP contribution in [-0.2, 0) is 24.3 Å². The summed E-state index contributed by atoms with van der Waals surface area (Å²) in [6.45, 7) is 6.20. The van der Waals surface area contributed by atoms with Crippen molar-refractivity contribution < 1.29 is 22.7 Å². The number of rotatable bonds is 7. The van der Waals surface area contributed by atoms with Crippen LogP contribution in [0.15, 0.2) is 0 Å². The van der Waals surface area contributed by atoms with E-state index in [1.165, 1.54) is 4.31 Å². The minimum atomic E-state index is -3.46. The molecule has 112 valence electrons. The molecule has 1 aliphatic heterocycles. The Morgan fingerprint density at radius 1 is 1.42 bits per heavy atom. The minimum absolute atomic E-state index is 0.00497. The van der Waals surface area contributed by atoms with Gasteiger partial charge in [0.25, 0.3) is 0 Å². The first-order chi connectivity index (χ1) is 8.88. The Labute approximate surface area is 115 Å². The van der Waals surface area contributed by atoms with Gasteiger partial charge >= 0.3 is 5.97 Å². The van der Waals surface area contributed by atoms with Gasteiger partial charge in [-0.15, -0.1) is 0 Å². The van der Waals surface area contributed by atoms with Gasteiger partial charge in [0, 0.05) is 6.54 Å². The summed E-state index contributed by atoms with van der Waals surface area (Å²) in [5.74, 6) is -0.547. The molecule has 1 rings (SSSR count). The highest BCUT2D eigenvalue weighted by Crippen LogP contribution is 2.22. The fourth-order valence-electron chi connectivity index (χ4n) is 2.05. The van der Waals surface area contributed by atoms with E-state index in [2.05, 4.69) is 0 Å². The second-order valence-corrected chi connectivity index (χ2v) is 6.80. The lowest BCUT2D eigenvalue weighted by atomic mass is 10.2. The molecule has 0 spiro atoms. The average molecular weight is 293 g/mol. The Kier molecular flexibility index (Phi) is 6.22. The maximum Gasteiger partial charge on any atom is 0.324 e. The molecule has 7 heteroatoms. The second-order valence-electron chi connectivity index (χ2n) is 4.76. The van der Waals surface area contributed by atoms with Gasteiger partial charge in [0.1, 0.15) is 6.04 Å². The average Bonchev–Trinajstić information content (AvgIpc) is 2.78. The highest BCUT2D eigenvalue weighted by atomic mass is 32.2. The van der Waals surface area contributed by atoms with Crippen molar-refractivity contribution in [2.75, 3.05) is 25.5 Å². The van der Waals surface area contributed by atoms with E-state index in [9.17, 15) is 13.2 Å². The van der Waals surface area contributed by atoms with Gasteiger partial charge in [0.2, 0.25) is 10.0 Å². The Hall–Kier alpha value is -0.660. The highest BCUT2D eigenvalue weighted by Gasteiger charge is 2.39. The zero-order valence-electron chi connectivity index (χ0n) is 11.8. The zero-order chi connectivity index (χ0) is 14.5. The van der Waals surface area contributed by atoms with Crippen LogP contribution in [0.25, 0.3) is 0 Å². The van der Waals surface area contributed by atoms with Crippen molar-refractivity contribution >= 4 is 16.0 Å². The molecule has 0 saturated carbocycles. The summed E-state index contributed by atoms with van der Waals surface area (Å²) in [6.07, 6.45) is 1.21. The Balaban J connectivity index is 2.63. The Morgan fingerprint density at radius 2 is 2.11 bits per heavy atom. The standard InChI is InChI=1S/C12H23NO5S/c1-4-17-12(14)11-6-5-7-13(11)19(15,16)9-8-18-10(2)3/h10-11H,4-9H2,1-3H3. The number of sulfonamides is 1. The van der Waals surface area contributed by atoms with Crippen molar-refractivity contribution in [2.24, 2.45) is 0 Å². The molecule has 0 aromatic rings. The topological polar surface area (TPSA) is 72.9 Å². The van der Waals surface area contributed by atoms with Gasteiger partial charge in [0.05, 0.1) is 25.1 Å². The molecule has 1 heterocycles. The van der Waals surface area contributed by atoms with Gasteiger partial charge in [-0.05, 0) is 33.6 Å². The molecule has 19 heavy (non-hydrogen) atoms. The van der Waals surface area contributed by atoms with Crippen LogP contribution >= 0.6 is 0 Å². The minimum Gasteiger partial charge on any atom is -0.465 e. The maximum absolute atomic E-state index is 12.2. The van der Waals surface area contributed by atoms with E-state index in [1.54, 1.807) is 6.92 Å². The third-order valence-corrected chi connectivity index (χ3v) is 4.75. The summed E-state index contributed by atoms with van der Waals surface area (Å²) < 4.78 is 35.8. The van der Waals surface area contributed by atoms with Crippen molar-refractivity contribution in [1.29, 1.82) is 0 Å². The Morgan fingerprint density at radius 3 is 2.68 bits per heavy atom. The van der Waals surface area contributed by atoms with Crippen LogP contribution in [-0.4, -0.2) is 56.3 Å². The number of nitrogens with zero attached hydrogens (tertiary/aromatic N) is 1. The summed E-state index contributed by atoms with van der Waals surface area (Å²) in [5, 5.41) is 0. The molecule has 0 amide bonds. The van der Waals surface area contributed by atoms with Crippen LogP contribution in [0.5, 0.6) is 0 Å². The van der Waals surface area contributed by atoms with Crippen molar-refractivity contribution in [3.63, 3.8) is 0 Å². The van der Waals surface area contributed by atoms with Gasteiger partial charge in [-0.2, -0.15) is 4.31 Å². The summed E-state index contributed by atoms with van der Waals surface area (Å²) >= 11 is 0. The number of carbonyl (C=O) groups is 1. The molecular weight excluding hydrogens is 270 g/mol. The molecule has 0 aromatic carbocycles. The fraction of sp³-hybridized carbons (Fsp3) is 0.917. The first-order valence-corrected chi connectivity index (χ1v) is 8.27. The van der Waals surface area contributed by atoms with E-state index in [4.69, 9.17) is 9.47 Å². The second kappa shape index (κ2) is 7.21. The monoisotopic (exact) mass is 293 g/mol. The van der Waals surface area contributed by atoms with Crippen molar-refractivity contribution in [1.82, 2.24) is 4.31 Å². The first kappa shape index (κ1) is 16.4. The molecule has 0 aliphatic carbocycles. The van der Waals surface area contributed by atoms with Crippen LogP contribution in [0, 0.1) is 0 Å². The molecule has 1 atom stereocenters. The van der Waals surface area contributed by atoms with Gasteiger partial charge < -0.3 is 9.47 Å². The van der Waals surface area contributed by atoms with E-state index in [-0.39, 0.29) is 25.1 Å². The molecule has 0 bridgehead atoms. The van der Waals surface area contributed by atoms with Crippen LogP contribution < -0.4 is 0 Å². The summed E-state index contributed by atoms with van der Waals surface area (Å²) in [5.41, 5.74) is 0. The normalized spacial score (nSPS) is 20.9. The van der Waals surface area contributed by atoms with Gasteiger partial charge in [0.15, 0.2) is 0 Å². The third kappa shape index (κ3) is 4.74. The molecule has 0 radical (unpaired) electrons. The maximum atomic E-state index is 12.2. The van der Waals surface area contributed by atoms with Crippen molar-refractivity contribution in [3.05, 3.63) is 0 Å². The van der Waals surface area contributed by atoms with E-state index in [0.717, 1.165) is 0 Å². The third-order valence-electron chi connectivity index (χ3n) is 2.91. The summed E-state index contributed by atoms with van der Waals surface area (Å²) in [4.78, 5) is 11.7. The molecule has 0 N–H and O–H groups in total. The molecular formula is C12H23NO5S. The predicted octanol–water partition coefficient (Wildman–Crippen LogP) is 0.769. The first-order valence-electron chi connectivity index (χ1n) is 6.66. The fourth-order valence-corrected chi connectivity index (χ4v) is 3.58. The molecule has 6 nitrogen and oxygen atoms in total.